The molecular weight excluding hydrogens is 445 g/mol. The number of nitriles is 1. The molecule has 4 rings (SSSR count). The minimum Gasteiger partial charge on any atom is -0.346 e. The van der Waals surface area contributed by atoms with Gasteiger partial charge in [-0.15, -0.1) is 0 Å². The van der Waals surface area contributed by atoms with Gasteiger partial charge in [0.05, 0.1) is 22.9 Å². The van der Waals surface area contributed by atoms with Gasteiger partial charge in [-0.25, -0.2) is 17.8 Å². The second-order valence-electron chi connectivity index (χ2n) is 8.87. The maximum absolute atomic E-state index is 14.9. The highest BCUT2D eigenvalue weighted by molar-refractivity contribution is 7.92. The Morgan fingerprint density at radius 2 is 2.09 bits per heavy atom. The zero-order valence-corrected chi connectivity index (χ0v) is 19.1. The number of H-pyrrole nitrogens is 1. The molecule has 1 saturated carbocycles. The third-order valence-corrected chi connectivity index (χ3v) is 6.95. The predicted octanol–water partition coefficient (Wildman–Crippen LogP) is 4.18. The number of benzene rings is 1. The summed E-state index contributed by atoms with van der Waals surface area (Å²) >= 11 is 0. The average molecular weight is 470 g/mol. The van der Waals surface area contributed by atoms with Crippen LogP contribution in [0.4, 0.5) is 15.9 Å². The van der Waals surface area contributed by atoms with E-state index in [-0.39, 0.29) is 23.9 Å². The molecule has 33 heavy (non-hydrogen) atoms. The number of hydrogen-bond donors (Lipinski definition) is 2. The summed E-state index contributed by atoms with van der Waals surface area (Å²) in [6.07, 6.45) is 4.42. The molecule has 1 aromatic carbocycles. The monoisotopic (exact) mass is 469 g/mol. The maximum atomic E-state index is 14.9. The third kappa shape index (κ3) is 4.98. The highest BCUT2D eigenvalue weighted by atomic mass is 32.2. The van der Waals surface area contributed by atoms with Gasteiger partial charge in [0.1, 0.15) is 17.3 Å². The first-order valence-corrected chi connectivity index (χ1v) is 12.2. The van der Waals surface area contributed by atoms with Crippen molar-refractivity contribution in [1.29, 1.82) is 5.26 Å². The summed E-state index contributed by atoms with van der Waals surface area (Å²) in [5, 5.41) is 9.83. The summed E-state index contributed by atoms with van der Waals surface area (Å²) in [5.41, 5.74) is 0.804. The van der Waals surface area contributed by atoms with Crippen LogP contribution in [-0.2, 0) is 14.8 Å². The van der Waals surface area contributed by atoms with E-state index in [4.69, 9.17) is 5.26 Å². The van der Waals surface area contributed by atoms with Crippen LogP contribution in [0.15, 0.2) is 36.5 Å². The van der Waals surface area contributed by atoms with E-state index in [2.05, 4.69) is 20.8 Å². The van der Waals surface area contributed by atoms with Crippen LogP contribution in [-0.4, -0.2) is 36.6 Å². The summed E-state index contributed by atoms with van der Waals surface area (Å²) in [5.74, 6) is -0.551. The first-order valence-electron chi connectivity index (χ1n) is 10.6. The number of hydrogen-bond acceptors (Lipinski definition) is 5. The number of aromatic nitrogens is 2. The van der Waals surface area contributed by atoms with Crippen LogP contribution in [0.2, 0.25) is 0 Å². The van der Waals surface area contributed by atoms with Gasteiger partial charge in [-0.2, -0.15) is 5.26 Å². The molecule has 0 radical (unpaired) electrons. The van der Waals surface area contributed by atoms with E-state index in [1.54, 1.807) is 37.1 Å². The van der Waals surface area contributed by atoms with Crippen molar-refractivity contribution >= 4 is 39.0 Å². The number of halogens is 1. The van der Waals surface area contributed by atoms with Crippen molar-refractivity contribution in [2.75, 3.05) is 15.4 Å². The van der Waals surface area contributed by atoms with E-state index in [1.165, 1.54) is 12.1 Å². The van der Waals surface area contributed by atoms with Crippen LogP contribution in [0.25, 0.3) is 22.2 Å². The Hall–Kier alpha value is -3.45. The number of carbonyl (C=O) groups excluding carboxylic acids is 1. The molecule has 0 aliphatic heterocycles. The number of fused-ring (bicyclic) bond motifs is 1. The topological polar surface area (TPSA) is 119 Å². The van der Waals surface area contributed by atoms with Crippen molar-refractivity contribution < 1.29 is 17.6 Å². The number of nitrogens with one attached hydrogen (secondary N) is 2. The minimum absolute atomic E-state index is 0.120. The molecule has 172 valence electrons. The quantitative estimate of drug-likeness (QED) is 0.456. The Balaban J connectivity index is 1.64. The van der Waals surface area contributed by atoms with Crippen molar-refractivity contribution in [3.8, 4) is 17.2 Å². The minimum atomic E-state index is -3.83. The second-order valence-corrected chi connectivity index (χ2v) is 10.7. The van der Waals surface area contributed by atoms with Crippen LogP contribution >= 0.6 is 0 Å². The lowest BCUT2D eigenvalue weighted by atomic mass is 9.93. The van der Waals surface area contributed by atoms with E-state index >= 15 is 0 Å². The van der Waals surface area contributed by atoms with Gasteiger partial charge in [0, 0.05) is 17.6 Å². The van der Waals surface area contributed by atoms with Crippen molar-refractivity contribution in [2.45, 2.75) is 39.2 Å². The molecule has 2 N–H and O–H groups in total. The highest BCUT2D eigenvalue weighted by Gasteiger charge is 2.30. The van der Waals surface area contributed by atoms with Gasteiger partial charge in [0.25, 0.3) is 0 Å². The molecule has 1 fully saturated rings. The van der Waals surface area contributed by atoms with Crippen molar-refractivity contribution in [3.05, 3.63) is 42.3 Å². The molecule has 1 aliphatic rings. The molecule has 0 atom stereocenters. The van der Waals surface area contributed by atoms with Gasteiger partial charge in [-0.05, 0) is 68.5 Å². The number of pyridine rings is 1. The second kappa shape index (κ2) is 8.48. The largest absolute Gasteiger partial charge is 0.346 e. The summed E-state index contributed by atoms with van der Waals surface area (Å²) < 4.78 is 42.0. The highest BCUT2D eigenvalue weighted by Crippen LogP contribution is 2.36. The molecule has 1 aliphatic carbocycles. The lowest BCUT2D eigenvalue weighted by Gasteiger charge is -2.17. The van der Waals surface area contributed by atoms with Gasteiger partial charge in [-0.3, -0.25) is 14.4 Å². The van der Waals surface area contributed by atoms with Crippen LogP contribution in [0.3, 0.4) is 0 Å². The Morgan fingerprint density at radius 3 is 2.73 bits per heavy atom. The van der Waals surface area contributed by atoms with E-state index in [1.807, 2.05) is 6.07 Å². The van der Waals surface area contributed by atoms with Gasteiger partial charge in [0.2, 0.25) is 16.4 Å². The molecule has 2 heterocycles. The lowest BCUT2D eigenvalue weighted by molar-refractivity contribution is -0.107. The lowest BCUT2D eigenvalue weighted by Crippen LogP contribution is -2.24. The van der Waals surface area contributed by atoms with Gasteiger partial charge in [-0.1, -0.05) is 6.07 Å². The van der Waals surface area contributed by atoms with Crippen molar-refractivity contribution in [1.82, 2.24) is 9.97 Å². The van der Waals surface area contributed by atoms with Gasteiger partial charge in [0.15, 0.2) is 0 Å². The van der Waals surface area contributed by atoms with Crippen LogP contribution in [0.5, 0.6) is 0 Å². The summed E-state index contributed by atoms with van der Waals surface area (Å²) in [6.45, 7) is 3.30. The Morgan fingerprint density at radius 1 is 1.33 bits per heavy atom. The fraction of sp³-hybridized carbons (Fsp3) is 0.348. The number of nitrogens with zero attached hydrogens (tertiary/aromatic N) is 3. The van der Waals surface area contributed by atoms with E-state index in [0.29, 0.717) is 22.6 Å². The molecule has 0 saturated heterocycles. The van der Waals surface area contributed by atoms with Gasteiger partial charge < -0.3 is 4.98 Å². The zero-order chi connectivity index (χ0) is 23.8. The van der Waals surface area contributed by atoms with E-state index in [0.717, 1.165) is 24.6 Å². The summed E-state index contributed by atoms with van der Waals surface area (Å²) in [7, 11) is -3.83. The number of amides is 1. The SMILES string of the molecule is CC(C)(C#N)CCS(=O)(=O)Nc1ccc(-c2cc(N(C=O)C3CC3)nc3[nH]ccc23)cc1F. The standard InChI is InChI=1S/C23H24FN5O3S/c1-23(2,13-25)8-10-33(31,32)28-20-6-3-15(11-19(20)24)18-12-21(29(14-30)16-4-5-16)27-22-17(18)7-9-26-22/h3,6-7,9,11-12,14,16,28H,4-5,8,10H2,1-2H3,(H,26,27). The summed E-state index contributed by atoms with van der Waals surface area (Å²) in [6, 6.07) is 9.98. The molecule has 0 bridgehead atoms. The molecule has 1 amide bonds. The smallest absolute Gasteiger partial charge is 0.232 e. The summed E-state index contributed by atoms with van der Waals surface area (Å²) in [4.78, 5) is 20.7. The van der Waals surface area contributed by atoms with Crippen molar-refractivity contribution in [2.24, 2.45) is 5.41 Å². The number of sulfonamides is 1. The molecule has 2 aromatic heterocycles. The number of carbonyl (C=O) groups is 1. The predicted molar refractivity (Wildman–Crippen MR) is 124 cm³/mol. The number of aromatic amines is 1. The number of rotatable bonds is 9. The zero-order valence-electron chi connectivity index (χ0n) is 18.3. The molecule has 0 spiro atoms. The first kappa shape index (κ1) is 22.7. The molecule has 10 heteroatoms. The Labute approximate surface area is 191 Å². The van der Waals surface area contributed by atoms with E-state index in [9.17, 15) is 17.6 Å². The van der Waals surface area contributed by atoms with Crippen LogP contribution < -0.4 is 9.62 Å². The first-order chi connectivity index (χ1) is 15.6. The Bertz CT molecular complexity index is 1360. The van der Waals surface area contributed by atoms with Crippen molar-refractivity contribution in [3.63, 3.8) is 0 Å². The molecule has 3 aromatic rings. The van der Waals surface area contributed by atoms with Crippen LogP contribution in [0.1, 0.15) is 33.1 Å². The molecule has 8 nitrogen and oxygen atoms in total. The third-order valence-electron chi connectivity index (χ3n) is 5.68. The van der Waals surface area contributed by atoms with Gasteiger partial charge >= 0.3 is 0 Å². The maximum Gasteiger partial charge on any atom is 0.232 e. The van der Waals surface area contributed by atoms with Crippen LogP contribution in [0, 0.1) is 22.6 Å². The molecule has 0 unspecified atom stereocenters. The number of anilines is 2. The Kier molecular flexibility index (Phi) is 5.84. The fourth-order valence-electron chi connectivity index (χ4n) is 3.50. The average Bonchev–Trinajstić information content (AvgIpc) is 3.49. The molecular formula is C23H24FN5O3S. The van der Waals surface area contributed by atoms with E-state index < -0.39 is 21.3 Å². The fourth-order valence-corrected chi connectivity index (χ4v) is 4.89. The normalized spacial score (nSPS) is 14.1.